The molecule has 0 aromatic rings. The van der Waals surface area contributed by atoms with Crippen LogP contribution in [0.25, 0.3) is 0 Å². The van der Waals surface area contributed by atoms with Gasteiger partial charge in [0.2, 0.25) is 11.8 Å². The number of hydrogen-bond acceptors (Lipinski definition) is 4. The maximum Gasteiger partial charge on any atom is 0.244 e. The zero-order valence-corrected chi connectivity index (χ0v) is 13.0. The highest BCUT2D eigenvalue weighted by atomic mass is 32.2. The fourth-order valence-corrected chi connectivity index (χ4v) is 3.75. The fraction of sp³-hybridized carbons (Fsp3) is 0.857. The second kappa shape index (κ2) is 7.88. The molecule has 0 aliphatic carbocycles. The van der Waals surface area contributed by atoms with Gasteiger partial charge < -0.3 is 15.5 Å². The molecule has 2 heterocycles. The molecule has 0 spiro atoms. The normalized spacial score (nSPS) is 21.8. The van der Waals surface area contributed by atoms with Crippen LogP contribution >= 0.6 is 11.8 Å². The molecule has 20 heavy (non-hydrogen) atoms. The van der Waals surface area contributed by atoms with Crippen LogP contribution in [0.5, 0.6) is 0 Å². The molecule has 0 radical (unpaired) electrons. The summed E-state index contributed by atoms with van der Waals surface area (Å²) in [6.45, 7) is 5.55. The Morgan fingerprint density at radius 2 is 1.95 bits per heavy atom. The number of hydrogen-bond donors (Lipinski definition) is 2. The predicted molar refractivity (Wildman–Crippen MR) is 81.8 cm³/mol. The van der Waals surface area contributed by atoms with E-state index in [1.807, 2.05) is 4.90 Å². The molecule has 2 aliphatic rings. The molecule has 0 saturated carbocycles. The first-order chi connectivity index (χ1) is 9.66. The Kier molecular flexibility index (Phi) is 6.16. The van der Waals surface area contributed by atoms with Gasteiger partial charge in [-0.15, -0.1) is 11.8 Å². The minimum absolute atomic E-state index is 0.0198. The second-order valence-electron chi connectivity index (χ2n) is 5.58. The lowest BCUT2D eigenvalue weighted by Crippen LogP contribution is -2.46. The summed E-state index contributed by atoms with van der Waals surface area (Å²) in [6, 6.07) is -0.394. The number of likely N-dealkylation sites (tertiary alicyclic amines) is 1. The van der Waals surface area contributed by atoms with E-state index in [2.05, 4.69) is 10.6 Å². The third kappa shape index (κ3) is 4.66. The summed E-state index contributed by atoms with van der Waals surface area (Å²) in [5.41, 5.74) is 0. The van der Waals surface area contributed by atoms with Crippen molar-refractivity contribution in [3.63, 3.8) is 0 Å². The second-order valence-corrected chi connectivity index (χ2v) is 6.87. The highest BCUT2D eigenvalue weighted by molar-refractivity contribution is 8.00. The minimum atomic E-state index is -0.394. The van der Waals surface area contributed by atoms with E-state index in [0.717, 1.165) is 51.9 Å². The first-order valence-corrected chi connectivity index (χ1v) is 8.62. The third-order valence-electron chi connectivity index (χ3n) is 3.90. The van der Waals surface area contributed by atoms with E-state index in [9.17, 15) is 9.59 Å². The topological polar surface area (TPSA) is 61.4 Å². The first kappa shape index (κ1) is 15.6. The van der Waals surface area contributed by atoms with Crippen molar-refractivity contribution in [1.29, 1.82) is 0 Å². The van der Waals surface area contributed by atoms with E-state index < -0.39 is 6.04 Å². The molecule has 2 fully saturated rings. The Balaban J connectivity index is 1.66. The fourth-order valence-electron chi connectivity index (χ4n) is 2.71. The van der Waals surface area contributed by atoms with Crippen molar-refractivity contribution in [1.82, 2.24) is 15.5 Å². The molecule has 114 valence electrons. The number of nitrogens with zero attached hydrogens (tertiary/aromatic N) is 1. The average Bonchev–Trinajstić information content (AvgIpc) is 2.99. The molecule has 1 atom stereocenters. The van der Waals surface area contributed by atoms with Crippen molar-refractivity contribution >= 4 is 23.6 Å². The highest BCUT2D eigenvalue weighted by Crippen LogP contribution is 2.19. The Morgan fingerprint density at radius 3 is 2.60 bits per heavy atom. The molecule has 5 nitrogen and oxygen atoms in total. The largest absolute Gasteiger partial charge is 0.344 e. The summed E-state index contributed by atoms with van der Waals surface area (Å²) in [5.74, 6) is 0.499. The zero-order chi connectivity index (χ0) is 14.4. The number of amides is 2. The summed E-state index contributed by atoms with van der Waals surface area (Å²) in [6.07, 6.45) is 4.41. The number of carbonyl (C=O) groups is 2. The molecular formula is C14H25N3O2S. The van der Waals surface area contributed by atoms with Gasteiger partial charge >= 0.3 is 0 Å². The lowest BCUT2D eigenvalue weighted by molar-refractivity contribution is -0.134. The van der Waals surface area contributed by atoms with Crippen LogP contribution < -0.4 is 10.6 Å². The van der Waals surface area contributed by atoms with Crippen LogP contribution in [0.2, 0.25) is 0 Å². The SMILES string of the molecule is CC(NC(=O)CSC1CCNCC1)C(=O)N1CCCC1. The average molecular weight is 299 g/mol. The van der Waals surface area contributed by atoms with Gasteiger partial charge in [0.25, 0.3) is 0 Å². The van der Waals surface area contributed by atoms with Crippen molar-refractivity contribution < 1.29 is 9.59 Å². The highest BCUT2D eigenvalue weighted by Gasteiger charge is 2.24. The summed E-state index contributed by atoms with van der Waals surface area (Å²) in [4.78, 5) is 25.8. The van der Waals surface area contributed by atoms with Gasteiger partial charge in [-0.1, -0.05) is 0 Å². The molecule has 2 amide bonds. The van der Waals surface area contributed by atoms with Gasteiger partial charge in [0.05, 0.1) is 5.75 Å². The van der Waals surface area contributed by atoms with E-state index in [1.165, 1.54) is 0 Å². The number of rotatable bonds is 5. The van der Waals surface area contributed by atoms with Crippen LogP contribution in [0.15, 0.2) is 0 Å². The van der Waals surface area contributed by atoms with Gasteiger partial charge in [0.15, 0.2) is 0 Å². The van der Waals surface area contributed by atoms with Crippen LogP contribution in [0.3, 0.4) is 0 Å². The number of thioether (sulfide) groups is 1. The molecule has 2 aliphatic heterocycles. The maximum absolute atomic E-state index is 12.1. The summed E-state index contributed by atoms with van der Waals surface area (Å²) < 4.78 is 0. The van der Waals surface area contributed by atoms with E-state index in [-0.39, 0.29) is 11.8 Å². The van der Waals surface area contributed by atoms with Crippen molar-refractivity contribution in [3.8, 4) is 0 Å². The molecule has 0 bridgehead atoms. The summed E-state index contributed by atoms with van der Waals surface area (Å²) in [7, 11) is 0. The molecule has 0 aromatic carbocycles. The molecule has 1 unspecified atom stereocenters. The Bertz CT molecular complexity index is 339. The van der Waals surface area contributed by atoms with Gasteiger partial charge in [-0.3, -0.25) is 9.59 Å². The maximum atomic E-state index is 12.1. The Labute approximate surface area is 125 Å². The van der Waals surface area contributed by atoms with E-state index >= 15 is 0 Å². The smallest absolute Gasteiger partial charge is 0.244 e. The molecule has 2 N–H and O–H groups in total. The molecule has 6 heteroatoms. The quantitative estimate of drug-likeness (QED) is 0.780. The van der Waals surface area contributed by atoms with Crippen LogP contribution in [0.4, 0.5) is 0 Å². The monoisotopic (exact) mass is 299 g/mol. The first-order valence-electron chi connectivity index (χ1n) is 7.57. The van der Waals surface area contributed by atoms with Gasteiger partial charge in [0.1, 0.15) is 6.04 Å². The predicted octanol–water partition coefficient (Wildman–Crippen LogP) is 0.599. The zero-order valence-electron chi connectivity index (χ0n) is 12.2. The van der Waals surface area contributed by atoms with E-state index in [1.54, 1.807) is 18.7 Å². The number of piperidine rings is 1. The third-order valence-corrected chi connectivity index (χ3v) is 5.27. The minimum Gasteiger partial charge on any atom is -0.344 e. The molecule has 0 aromatic heterocycles. The van der Waals surface area contributed by atoms with Crippen molar-refractivity contribution in [2.75, 3.05) is 31.9 Å². The Morgan fingerprint density at radius 1 is 1.30 bits per heavy atom. The van der Waals surface area contributed by atoms with Gasteiger partial charge in [-0.05, 0) is 45.7 Å². The Hall–Kier alpha value is -0.750. The summed E-state index contributed by atoms with van der Waals surface area (Å²) >= 11 is 1.71. The number of carbonyl (C=O) groups excluding carboxylic acids is 2. The summed E-state index contributed by atoms with van der Waals surface area (Å²) in [5, 5.41) is 6.72. The van der Waals surface area contributed by atoms with E-state index in [0.29, 0.717) is 11.0 Å². The van der Waals surface area contributed by atoms with Gasteiger partial charge in [-0.2, -0.15) is 0 Å². The number of nitrogens with one attached hydrogen (secondary N) is 2. The molecular weight excluding hydrogens is 274 g/mol. The van der Waals surface area contributed by atoms with Gasteiger partial charge in [0, 0.05) is 18.3 Å². The van der Waals surface area contributed by atoms with Crippen LogP contribution in [-0.2, 0) is 9.59 Å². The lowest BCUT2D eigenvalue weighted by Gasteiger charge is -2.23. The van der Waals surface area contributed by atoms with Crippen LogP contribution in [-0.4, -0.2) is 59.9 Å². The molecule has 2 saturated heterocycles. The van der Waals surface area contributed by atoms with Crippen LogP contribution in [0, 0.1) is 0 Å². The van der Waals surface area contributed by atoms with Gasteiger partial charge in [-0.25, -0.2) is 0 Å². The standard InChI is InChI=1S/C14H25N3O2S/c1-11(14(19)17-8-2-3-9-17)16-13(18)10-20-12-4-6-15-7-5-12/h11-12,15H,2-10H2,1H3,(H,16,18). The van der Waals surface area contributed by atoms with Crippen molar-refractivity contribution in [3.05, 3.63) is 0 Å². The van der Waals surface area contributed by atoms with Crippen LogP contribution in [0.1, 0.15) is 32.6 Å². The lowest BCUT2D eigenvalue weighted by atomic mass is 10.2. The molecule has 2 rings (SSSR count). The van der Waals surface area contributed by atoms with Crippen molar-refractivity contribution in [2.45, 2.75) is 43.9 Å². The van der Waals surface area contributed by atoms with E-state index in [4.69, 9.17) is 0 Å². The van der Waals surface area contributed by atoms with Crippen molar-refractivity contribution in [2.24, 2.45) is 0 Å².